The van der Waals surface area contributed by atoms with E-state index in [2.05, 4.69) is 70.8 Å². The molecule has 1 aliphatic rings. The van der Waals surface area contributed by atoms with Crippen LogP contribution in [0.15, 0.2) is 77.8 Å². The predicted octanol–water partition coefficient (Wildman–Crippen LogP) is 5.91. The van der Waals surface area contributed by atoms with E-state index in [1.165, 1.54) is 22.9 Å². The van der Waals surface area contributed by atoms with Crippen molar-refractivity contribution in [2.45, 2.75) is 25.9 Å². The van der Waals surface area contributed by atoms with Gasteiger partial charge in [0.15, 0.2) is 5.50 Å². The second kappa shape index (κ2) is 9.31. The molecule has 2 N–H and O–H groups in total. The van der Waals surface area contributed by atoms with Crippen molar-refractivity contribution >= 4 is 40.3 Å². The van der Waals surface area contributed by atoms with E-state index in [1.807, 2.05) is 37.3 Å². The van der Waals surface area contributed by atoms with Gasteiger partial charge in [0.05, 0.1) is 17.7 Å². The number of hydrogen-bond acceptors (Lipinski definition) is 4. The molecule has 5 rings (SSSR count). The van der Waals surface area contributed by atoms with E-state index in [0.717, 1.165) is 40.0 Å². The molecule has 0 aliphatic carbocycles. The fourth-order valence-corrected chi connectivity index (χ4v) is 5.28. The maximum Gasteiger partial charge on any atom is 0.260 e. The van der Waals surface area contributed by atoms with Crippen molar-refractivity contribution in [2.24, 2.45) is 0 Å². The third kappa shape index (κ3) is 4.54. The first kappa shape index (κ1) is 22.2. The lowest BCUT2D eigenvalue weighted by molar-refractivity contribution is -0.116. The molecule has 4 aromatic rings. The average Bonchev–Trinajstić information content (AvgIpc) is 3.34. The fourth-order valence-electron chi connectivity index (χ4n) is 4.31. The number of carbonyl (C=O) groups excluding carboxylic acids is 1. The lowest BCUT2D eigenvalue weighted by Crippen LogP contribution is -2.31. The Morgan fingerprint density at radius 2 is 1.88 bits per heavy atom. The highest BCUT2D eigenvalue weighted by atomic mass is 32.2. The summed E-state index contributed by atoms with van der Waals surface area (Å²) in [4.78, 5) is 13.5. The summed E-state index contributed by atoms with van der Waals surface area (Å²) in [6.07, 6.45) is 4.13. The molecule has 3 aromatic carbocycles. The molecule has 172 valence electrons. The van der Waals surface area contributed by atoms with Crippen LogP contribution in [0.25, 0.3) is 17.0 Å². The summed E-state index contributed by atoms with van der Waals surface area (Å²) in [5, 5.41) is 7.55. The van der Waals surface area contributed by atoms with Crippen LogP contribution in [0.1, 0.15) is 22.3 Å². The van der Waals surface area contributed by atoms with E-state index < -0.39 is 0 Å². The van der Waals surface area contributed by atoms with Gasteiger partial charge < -0.3 is 19.9 Å². The Morgan fingerprint density at radius 3 is 2.71 bits per heavy atom. The zero-order chi connectivity index (χ0) is 23.7. The van der Waals surface area contributed by atoms with Crippen LogP contribution in [0.4, 0.5) is 5.69 Å². The highest BCUT2D eigenvalue weighted by Gasteiger charge is 2.28. The molecule has 0 radical (unpaired) electrons. The smallest absolute Gasteiger partial charge is 0.260 e. The summed E-state index contributed by atoms with van der Waals surface area (Å²) in [5.74, 6) is 0.668. The normalized spacial score (nSPS) is 16.7. The molecule has 1 unspecified atom stereocenters. The molecule has 6 heteroatoms. The van der Waals surface area contributed by atoms with Gasteiger partial charge in [0.2, 0.25) is 0 Å². The lowest BCUT2D eigenvalue weighted by atomic mass is 10.1. The molecule has 2 heterocycles. The summed E-state index contributed by atoms with van der Waals surface area (Å²) < 4.78 is 7.72. The first-order valence-electron chi connectivity index (χ1n) is 11.2. The minimum Gasteiger partial charge on any atom is -0.495 e. The summed E-state index contributed by atoms with van der Waals surface area (Å²) in [6, 6.07) is 22.8. The van der Waals surface area contributed by atoms with Gasteiger partial charge in [-0.2, -0.15) is 0 Å². The number of benzene rings is 3. The SMILES string of the molecule is COc1ccc(C)cc1NC1NC(=O)/C(=C/c2cn(Cc3cccc(C)c3)c3ccccc23)S1. The number of para-hydroxylation sites is 1. The molecule has 1 aromatic heterocycles. The Balaban J connectivity index is 1.42. The molecular weight excluding hydrogens is 442 g/mol. The molecule has 5 nitrogen and oxygen atoms in total. The number of aryl methyl sites for hydroxylation is 2. The van der Waals surface area contributed by atoms with Gasteiger partial charge in [-0.1, -0.05) is 65.9 Å². The molecule has 0 bridgehead atoms. The van der Waals surface area contributed by atoms with E-state index in [4.69, 9.17) is 4.74 Å². The average molecular weight is 470 g/mol. The van der Waals surface area contributed by atoms with Crippen molar-refractivity contribution < 1.29 is 9.53 Å². The van der Waals surface area contributed by atoms with E-state index in [0.29, 0.717) is 4.91 Å². The van der Waals surface area contributed by atoms with Crippen LogP contribution in [0, 0.1) is 13.8 Å². The number of hydrogen-bond donors (Lipinski definition) is 2. The maximum absolute atomic E-state index is 12.8. The Kier molecular flexibility index (Phi) is 6.07. The van der Waals surface area contributed by atoms with Crippen molar-refractivity contribution in [3.8, 4) is 5.75 Å². The predicted molar refractivity (Wildman–Crippen MR) is 141 cm³/mol. The lowest BCUT2D eigenvalue weighted by Gasteiger charge is -2.16. The third-order valence-corrected chi connectivity index (χ3v) is 6.94. The Labute approximate surface area is 203 Å². The number of methoxy groups -OCH3 is 1. The van der Waals surface area contributed by atoms with E-state index >= 15 is 0 Å². The first-order valence-corrected chi connectivity index (χ1v) is 12.1. The Morgan fingerprint density at radius 1 is 1.06 bits per heavy atom. The van der Waals surface area contributed by atoms with Gasteiger partial charge in [0.1, 0.15) is 5.75 Å². The van der Waals surface area contributed by atoms with Crippen LogP contribution in [0.2, 0.25) is 0 Å². The van der Waals surface area contributed by atoms with Crippen molar-refractivity contribution in [1.82, 2.24) is 9.88 Å². The van der Waals surface area contributed by atoms with E-state index in [9.17, 15) is 4.79 Å². The third-order valence-electron chi connectivity index (χ3n) is 5.91. The van der Waals surface area contributed by atoms with Crippen LogP contribution < -0.4 is 15.4 Å². The highest BCUT2D eigenvalue weighted by molar-refractivity contribution is 8.05. The van der Waals surface area contributed by atoms with E-state index in [1.54, 1.807) is 7.11 Å². The summed E-state index contributed by atoms with van der Waals surface area (Å²) in [7, 11) is 1.65. The van der Waals surface area contributed by atoms with Gasteiger partial charge in [-0.05, 0) is 49.2 Å². The minimum atomic E-state index is -0.268. The number of fused-ring (bicyclic) bond motifs is 1. The van der Waals surface area contributed by atoms with Crippen molar-refractivity contribution in [2.75, 3.05) is 12.4 Å². The monoisotopic (exact) mass is 469 g/mol. The minimum absolute atomic E-state index is 0.0790. The van der Waals surface area contributed by atoms with Crippen LogP contribution in [0.3, 0.4) is 0 Å². The van der Waals surface area contributed by atoms with Gasteiger partial charge in [-0.15, -0.1) is 0 Å². The van der Waals surface area contributed by atoms with Gasteiger partial charge >= 0.3 is 0 Å². The number of carbonyl (C=O) groups is 1. The van der Waals surface area contributed by atoms with Crippen molar-refractivity contribution in [1.29, 1.82) is 0 Å². The second-order valence-corrected chi connectivity index (χ2v) is 9.69. The molecule has 0 spiro atoms. The number of aromatic nitrogens is 1. The summed E-state index contributed by atoms with van der Waals surface area (Å²) in [6.45, 7) is 4.92. The first-order chi connectivity index (χ1) is 16.5. The number of nitrogens with one attached hydrogen (secondary N) is 2. The molecule has 1 atom stereocenters. The number of nitrogens with zero attached hydrogens (tertiary/aromatic N) is 1. The van der Waals surface area contributed by atoms with Crippen molar-refractivity contribution in [3.05, 3.63) is 100 Å². The molecule has 1 aliphatic heterocycles. The molecule has 0 saturated carbocycles. The number of anilines is 1. The molecule has 34 heavy (non-hydrogen) atoms. The fraction of sp³-hybridized carbons (Fsp3) is 0.179. The van der Waals surface area contributed by atoms with Gasteiger partial charge in [0, 0.05) is 29.2 Å². The molecule has 1 saturated heterocycles. The summed E-state index contributed by atoms with van der Waals surface area (Å²) >= 11 is 1.48. The number of amides is 1. The molecular formula is C28H27N3O2S. The van der Waals surface area contributed by atoms with Crippen LogP contribution in [-0.4, -0.2) is 23.1 Å². The van der Waals surface area contributed by atoms with Gasteiger partial charge in [-0.25, -0.2) is 0 Å². The van der Waals surface area contributed by atoms with Gasteiger partial charge in [0.25, 0.3) is 5.91 Å². The van der Waals surface area contributed by atoms with Crippen LogP contribution in [0.5, 0.6) is 5.75 Å². The maximum atomic E-state index is 12.8. The largest absolute Gasteiger partial charge is 0.495 e. The quantitative estimate of drug-likeness (QED) is 0.345. The zero-order valence-electron chi connectivity index (χ0n) is 19.5. The van der Waals surface area contributed by atoms with Crippen molar-refractivity contribution in [3.63, 3.8) is 0 Å². The summed E-state index contributed by atoms with van der Waals surface area (Å²) in [5.41, 5.74) is 6.40. The van der Waals surface area contributed by atoms with Crippen LogP contribution >= 0.6 is 11.8 Å². The second-order valence-electron chi connectivity index (χ2n) is 8.55. The number of rotatable bonds is 6. The Bertz CT molecular complexity index is 1410. The zero-order valence-corrected chi connectivity index (χ0v) is 20.3. The van der Waals surface area contributed by atoms with Gasteiger partial charge in [-0.3, -0.25) is 4.79 Å². The highest BCUT2D eigenvalue weighted by Crippen LogP contribution is 2.35. The Hall–Kier alpha value is -3.64. The standard InChI is InChI=1S/C28H27N3O2S/c1-18-7-6-8-20(13-18)16-31-17-21(22-9-4-5-10-24(22)31)15-26-27(32)30-28(34-26)29-23-14-19(2)11-12-25(23)33-3/h4-15,17,28-29H,16H2,1-3H3,(H,30,32)/b26-15-. The number of ether oxygens (including phenoxy) is 1. The van der Waals surface area contributed by atoms with E-state index in [-0.39, 0.29) is 11.4 Å². The number of thioether (sulfide) groups is 1. The molecule has 1 amide bonds. The topological polar surface area (TPSA) is 55.3 Å². The van der Waals surface area contributed by atoms with Crippen LogP contribution in [-0.2, 0) is 11.3 Å². The molecule has 1 fully saturated rings.